The summed E-state index contributed by atoms with van der Waals surface area (Å²) in [7, 11) is -0.565. The Bertz CT molecular complexity index is 1650. The molecular formula is C40H61N2O11P. The van der Waals surface area contributed by atoms with Gasteiger partial charge in [0.15, 0.2) is 16.7 Å². The van der Waals surface area contributed by atoms with Crippen LogP contribution in [0.25, 0.3) is 11.1 Å². The van der Waals surface area contributed by atoms with Crippen molar-refractivity contribution in [3.63, 3.8) is 0 Å². The van der Waals surface area contributed by atoms with Gasteiger partial charge in [-0.3, -0.25) is 14.3 Å². The second kappa shape index (κ2) is 17.8. The van der Waals surface area contributed by atoms with E-state index in [1.54, 1.807) is 102 Å². The monoisotopic (exact) mass is 776 g/mol. The van der Waals surface area contributed by atoms with Crippen molar-refractivity contribution in [2.75, 3.05) is 46.6 Å². The van der Waals surface area contributed by atoms with E-state index in [0.717, 1.165) is 21.6 Å². The standard InChI is InChI=1S/C40H61N2O11P/c1-13-50-54(47)23-22-41(26-29-16-18-30(43)25-31(29)28-17-19-32(48-11)33(24-28)49-12)27-40(54,34(44)51-37(2,3)4)20-14-15-21-42(35(45)52-38(5,6)7)36(46)53-39(8,9)10/h16-19,24-25,43H,13-15,20-23,26-27H2,1-12H3/t40-,54?/m0/s1. The van der Waals surface area contributed by atoms with Crippen molar-refractivity contribution >= 4 is 25.5 Å². The molecule has 13 nitrogen and oxygen atoms in total. The number of unbranched alkanes of at least 4 members (excludes halogenated alkanes) is 1. The van der Waals surface area contributed by atoms with Gasteiger partial charge >= 0.3 is 18.2 Å². The number of carbonyl (C=O) groups excluding carboxylic acids is 3. The molecule has 1 N–H and O–H groups in total. The molecule has 0 radical (unpaired) electrons. The maximum absolute atomic E-state index is 15.0. The number of methoxy groups -OCH3 is 2. The molecule has 1 saturated heterocycles. The minimum absolute atomic E-state index is 0.0565. The third-order valence-corrected chi connectivity index (χ3v) is 11.9. The van der Waals surface area contributed by atoms with E-state index in [2.05, 4.69) is 4.90 Å². The molecule has 54 heavy (non-hydrogen) atoms. The molecule has 0 spiro atoms. The van der Waals surface area contributed by atoms with Crippen LogP contribution in [0.5, 0.6) is 17.2 Å². The van der Waals surface area contributed by atoms with Crippen molar-refractivity contribution in [3.8, 4) is 28.4 Å². The Balaban J connectivity index is 2.00. The van der Waals surface area contributed by atoms with E-state index < -0.39 is 47.5 Å². The molecule has 302 valence electrons. The van der Waals surface area contributed by atoms with Gasteiger partial charge < -0.3 is 33.3 Å². The molecule has 1 heterocycles. The lowest BCUT2D eigenvalue weighted by atomic mass is 9.96. The Morgan fingerprint density at radius 3 is 1.96 bits per heavy atom. The third-order valence-electron chi connectivity index (χ3n) is 8.60. The number of phenolic OH excluding ortho intramolecular Hbond substituents is 1. The van der Waals surface area contributed by atoms with E-state index in [1.807, 2.05) is 18.2 Å². The molecule has 0 aliphatic carbocycles. The fraction of sp³-hybridized carbons (Fsp3) is 0.625. The third kappa shape index (κ3) is 11.8. The van der Waals surface area contributed by atoms with Gasteiger partial charge in [0.2, 0.25) is 7.37 Å². The molecule has 0 bridgehead atoms. The first-order chi connectivity index (χ1) is 25.0. The molecule has 2 amide bonds. The summed E-state index contributed by atoms with van der Waals surface area (Å²) in [5.74, 6) is 0.547. The van der Waals surface area contributed by atoms with E-state index in [0.29, 0.717) is 31.0 Å². The fourth-order valence-electron chi connectivity index (χ4n) is 6.30. The highest BCUT2D eigenvalue weighted by Gasteiger charge is 2.59. The quantitative estimate of drug-likeness (QED) is 0.0898. The summed E-state index contributed by atoms with van der Waals surface area (Å²) in [6.07, 6.45) is -0.933. The first-order valence-corrected chi connectivity index (χ1v) is 20.2. The number of phenols is 1. The van der Waals surface area contributed by atoms with E-state index in [9.17, 15) is 24.1 Å². The summed E-state index contributed by atoms with van der Waals surface area (Å²) in [6.45, 7) is 18.1. The number of benzene rings is 2. The number of imide groups is 1. The van der Waals surface area contributed by atoms with Crippen molar-refractivity contribution in [3.05, 3.63) is 42.0 Å². The van der Waals surface area contributed by atoms with Crippen LogP contribution < -0.4 is 9.47 Å². The first kappa shape index (κ1) is 44.6. The lowest BCUT2D eigenvalue weighted by Crippen LogP contribution is -2.56. The van der Waals surface area contributed by atoms with Crippen molar-refractivity contribution in [1.29, 1.82) is 0 Å². The van der Waals surface area contributed by atoms with Crippen LogP contribution in [0.3, 0.4) is 0 Å². The van der Waals surface area contributed by atoms with Crippen LogP contribution in [-0.2, 0) is 34.6 Å². The van der Waals surface area contributed by atoms with E-state index in [-0.39, 0.29) is 44.4 Å². The lowest BCUT2D eigenvalue weighted by Gasteiger charge is -2.46. The predicted molar refractivity (Wildman–Crippen MR) is 208 cm³/mol. The zero-order valence-corrected chi connectivity index (χ0v) is 35.1. The number of ether oxygens (including phenoxy) is 5. The Morgan fingerprint density at radius 2 is 1.43 bits per heavy atom. The van der Waals surface area contributed by atoms with Crippen molar-refractivity contribution < 1.29 is 52.3 Å². The van der Waals surface area contributed by atoms with Gasteiger partial charge in [-0.15, -0.1) is 0 Å². The second-order valence-electron chi connectivity index (χ2n) is 16.5. The molecule has 2 aromatic carbocycles. The highest BCUT2D eigenvalue weighted by molar-refractivity contribution is 7.62. The molecular weight excluding hydrogens is 715 g/mol. The van der Waals surface area contributed by atoms with Crippen LogP contribution in [0.1, 0.15) is 94.1 Å². The van der Waals surface area contributed by atoms with Crippen LogP contribution in [0.4, 0.5) is 9.59 Å². The number of rotatable bonds is 13. The maximum Gasteiger partial charge on any atom is 0.419 e. The van der Waals surface area contributed by atoms with Crippen LogP contribution >= 0.6 is 7.37 Å². The van der Waals surface area contributed by atoms with Gasteiger partial charge in [0, 0.05) is 32.3 Å². The van der Waals surface area contributed by atoms with Crippen molar-refractivity contribution in [2.45, 2.75) is 117 Å². The van der Waals surface area contributed by atoms with Gasteiger partial charge in [-0.2, -0.15) is 0 Å². The summed E-state index contributed by atoms with van der Waals surface area (Å²) in [5, 5.41) is 8.96. The lowest BCUT2D eigenvalue weighted by molar-refractivity contribution is -0.160. The van der Waals surface area contributed by atoms with Gasteiger partial charge in [0.05, 0.1) is 20.8 Å². The number of aromatic hydroxyl groups is 1. The van der Waals surface area contributed by atoms with Gasteiger partial charge in [0.25, 0.3) is 0 Å². The Morgan fingerprint density at radius 1 is 0.833 bits per heavy atom. The predicted octanol–water partition coefficient (Wildman–Crippen LogP) is 8.63. The maximum atomic E-state index is 15.0. The number of hydrogen-bond acceptors (Lipinski definition) is 12. The number of esters is 1. The molecule has 1 aliphatic rings. The smallest absolute Gasteiger partial charge is 0.419 e. The zero-order chi connectivity index (χ0) is 40.7. The average Bonchev–Trinajstić information content (AvgIpc) is 3.04. The van der Waals surface area contributed by atoms with Gasteiger partial charge in [-0.05, 0) is 129 Å². The molecule has 1 fully saturated rings. The molecule has 0 aromatic heterocycles. The molecule has 14 heteroatoms. The summed E-state index contributed by atoms with van der Waals surface area (Å²) in [5.41, 5.74) is -0.202. The molecule has 2 aromatic rings. The minimum Gasteiger partial charge on any atom is -0.508 e. The fourth-order valence-corrected chi connectivity index (χ4v) is 9.30. The number of carbonyl (C=O) groups is 3. The van der Waals surface area contributed by atoms with Crippen molar-refractivity contribution in [2.24, 2.45) is 0 Å². The zero-order valence-electron chi connectivity index (χ0n) is 34.2. The summed E-state index contributed by atoms with van der Waals surface area (Å²) >= 11 is 0. The molecule has 1 aliphatic heterocycles. The second-order valence-corrected chi connectivity index (χ2v) is 19.4. The van der Waals surface area contributed by atoms with Gasteiger partial charge in [-0.25, -0.2) is 14.5 Å². The van der Waals surface area contributed by atoms with Crippen LogP contribution in [0.2, 0.25) is 0 Å². The summed E-state index contributed by atoms with van der Waals surface area (Å²) < 4.78 is 49.0. The summed E-state index contributed by atoms with van der Waals surface area (Å²) in [4.78, 5) is 43.7. The average molecular weight is 777 g/mol. The molecule has 1 unspecified atom stereocenters. The van der Waals surface area contributed by atoms with Crippen LogP contribution in [-0.4, -0.2) is 102 Å². The highest BCUT2D eigenvalue weighted by atomic mass is 31.2. The van der Waals surface area contributed by atoms with Gasteiger partial charge in [0.1, 0.15) is 22.6 Å². The SMILES string of the molecule is CCOP1(=O)CCN(Cc2ccc(O)cc2-c2ccc(OC)c(OC)c2)C[C@@]1(CCCCN(C(=O)OC(C)(C)C)C(=O)OC(C)(C)C)C(=O)OC(C)(C)C. The number of hydrogen-bond donors (Lipinski definition) is 1. The summed E-state index contributed by atoms with van der Waals surface area (Å²) in [6, 6.07) is 10.6. The Hall–Kier alpha value is -3.80. The first-order valence-electron chi connectivity index (χ1n) is 18.4. The number of amides is 2. The van der Waals surface area contributed by atoms with Gasteiger partial charge in [-0.1, -0.05) is 12.1 Å². The number of nitrogens with zero attached hydrogens (tertiary/aromatic N) is 2. The van der Waals surface area contributed by atoms with Crippen LogP contribution in [0.15, 0.2) is 36.4 Å². The molecule has 2 atom stereocenters. The largest absolute Gasteiger partial charge is 0.508 e. The van der Waals surface area contributed by atoms with Crippen LogP contribution in [0, 0.1) is 0 Å². The molecule has 3 rings (SSSR count). The minimum atomic E-state index is -3.68. The van der Waals surface area contributed by atoms with E-state index >= 15 is 0 Å². The van der Waals surface area contributed by atoms with E-state index in [1.165, 1.54) is 0 Å². The highest BCUT2D eigenvalue weighted by Crippen LogP contribution is 2.64. The molecule has 0 saturated carbocycles. The van der Waals surface area contributed by atoms with E-state index in [4.69, 9.17) is 28.2 Å². The normalized spacial score (nSPS) is 19.5. The topological polar surface area (TPSA) is 150 Å². The Labute approximate surface area is 321 Å². The Kier molecular flexibility index (Phi) is 14.7. The van der Waals surface area contributed by atoms with Crippen molar-refractivity contribution in [1.82, 2.24) is 9.80 Å².